The number of ether oxygens (including phenoxy) is 1. The summed E-state index contributed by atoms with van der Waals surface area (Å²) < 4.78 is 5.78. The van der Waals surface area contributed by atoms with Crippen LogP contribution in [0.2, 0.25) is 0 Å². The zero-order valence-corrected chi connectivity index (χ0v) is 22.1. The van der Waals surface area contributed by atoms with Crippen LogP contribution in [0.4, 0.5) is 0 Å². The monoisotopic (exact) mass is 456 g/mol. The Labute approximate surface area is 200 Å². The second-order valence-electron chi connectivity index (χ2n) is 10.9. The van der Waals surface area contributed by atoms with Crippen molar-refractivity contribution in [3.8, 4) is 0 Å². The number of hydrogen-bond donors (Lipinski definition) is 1. The summed E-state index contributed by atoms with van der Waals surface area (Å²) in [5, 5.41) is 10.9. The largest absolute Gasteiger partial charge is 0.390 e. The number of allylic oxidation sites excluding steroid dienone is 6. The van der Waals surface area contributed by atoms with Gasteiger partial charge in [-0.1, -0.05) is 34.9 Å². The SMILES string of the molecule is CC(C)=CCC/C(C)=C/CC/C(C)=C/CC[C@@](C)(O)CCC12OC1(C)C(=O)C(C)=C(C)C2=O. The molecule has 1 aliphatic heterocycles. The lowest BCUT2D eigenvalue weighted by Crippen LogP contribution is -2.44. The second-order valence-corrected chi connectivity index (χ2v) is 10.9. The molecule has 33 heavy (non-hydrogen) atoms. The molecular formula is C29H44O4. The summed E-state index contributed by atoms with van der Waals surface area (Å²) in [5.41, 5.74) is 2.09. The Bertz CT molecular complexity index is 895. The summed E-state index contributed by atoms with van der Waals surface area (Å²) in [7, 11) is 0. The van der Waals surface area contributed by atoms with E-state index in [0.29, 0.717) is 30.4 Å². The van der Waals surface area contributed by atoms with E-state index < -0.39 is 16.8 Å². The molecule has 1 saturated heterocycles. The Morgan fingerprint density at radius 3 is 1.97 bits per heavy atom. The first-order valence-corrected chi connectivity index (χ1v) is 12.4. The summed E-state index contributed by atoms with van der Waals surface area (Å²) >= 11 is 0. The maximum Gasteiger partial charge on any atom is 0.194 e. The molecule has 0 amide bonds. The number of carbonyl (C=O) groups is 2. The molecule has 0 saturated carbocycles. The van der Waals surface area contributed by atoms with Gasteiger partial charge >= 0.3 is 0 Å². The van der Waals surface area contributed by atoms with E-state index in [1.54, 1.807) is 20.8 Å². The summed E-state index contributed by atoms with van der Waals surface area (Å²) in [6, 6.07) is 0. The minimum absolute atomic E-state index is 0.0981. The summed E-state index contributed by atoms with van der Waals surface area (Å²) in [5.74, 6) is -0.197. The van der Waals surface area contributed by atoms with Gasteiger partial charge < -0.3 is 9.84 Å². The first-order valence-electron chi connectivity index (χ1n) is 12.4. The molecule has 1 aliphatic carbocycles. The molecule has 1 N–H and O–H groups in total. The van der Waals surface area contributed by atoms with Crippen molar-refractivity contribution in [3.63, 3.8) is 0 Å². The summed E-state index contributed by atoms with van der Waals surface area (Å²) in [6.45, 7) is 15.5. The van der Waals surface area contributed by atoms with Crippen molar-refractivity contribution in [1.29, 1.82) is 0 Å². The van der Waals surface area contributed by atoms with Gasteiger partial charge in [-0.2, -0.15) is 0 Å². The van der Waals surface area contributed by atoms with Crippen molar-refractivity contribution in [2.24, 2.45) is 0 Å². The zero-order chi connectivity index (χ0) is 25.0. The number of fused-ring (bicyclic) bond motifs is 1. The quantitative estimate of drug-likeness (QED) is 0.261. The minimum atomic E-state index is -1.08. The van der Waals surface area contributed by atoms with Gasteiger partial charge in [-0.3, -0.25) is 9.59 Å². The molecule has 0 bridgehead atoms. The van der Waals surface area contributed by atoms with E-state index in [1.807, 2.05) is 6.92 Å². The van der Waals surface area contributed by atoms with Crippen molar-refractivity contribution < 1.29 is 19.4 Å². The standard InChI is InChI=1S/C29H44O4/c1-20(2)12-9-13-21(3)14-10-15-22(4)16-11-17-27(7,32)18-19-29-26(31)24(6)23(5)25(30)28(29,8)33-29/h12,14,16,32H,9-11,13,15,17-19H2,1-8H3/b21-14+,22-16+/t27-,28?,29?/m1/s1. The van der Waals surface area contributed by atoms with Crippen LogP contribution >= 0.6 is 0 Å². The molecule has 0 spiro atoms. The number of ketones is 2. The second kappa shape index (κ2) is 10.7. The maximum atomic E-state index is 12.9. The molecule has 184 valence electrons. The Hall–Kier alpha value is -1.78. The van der Waals surface area contributed by atoms with Crippen molar-refractivity contribution in [3.05, 3.63) is 46.1 Å². The van der Waals surface area contributed by atoms with Gasteiger partial charge in [0.1, 0.15) is 0 Å². The lowest BCUT2D eigenvalue weighted by atomic mass is 9.72. The highest BCUT2D eigenvalue weighted by molar-refractivity contribution is 6.22. The van der Waals surface area contributed by atoms with E-state index in [1.165, 1.54) is 16.7 Å². The third-order valence-electron chi connectivity index (χ3n) is 7.47. The molecular weight excluding hydrogens is 412 g/mol. The fraction of sp³-hybridized carbons (Fsp3) is 0.655. The third kappa shape index (κ3) is 6.42. The normalized spacial score (nSPS) is 27.4. The van der Waals surface area contributed by atoms with Gasteiger partial charge in [-0.15, -0.1) is 0 Å². The van der Waals surface area contributed by atoms with E-state index in [4.69, 9.17) is 4.74 Å². The lowest BCUT2D eigenvalue weighted by molar-refractivity contribution is -0.125. The highest BCUT2D eigenvalue weighted by Crippen LogP contribution is 2.57. The number of aliphatic hydroxyl groups is 1. The summed E-state index contributed by atoms with van der Waals surface area (Å²) in [6.07, 6.45) is 13.3. The molecule has 0 aromatic rings. The number of carbonyl (C=O) groups excluding carboxylic acids is 2. The predicted octanol–water partition coefficient (Wildman–Crippen LogP) is 6.73. The molecule has 0 aromatic heterocycles. The molecule has 0 aromatic carbocycles. The van der Waals surface area contributed by atoms with Gasteiger partial charge in [-0.05, 0) is 107 Å². The van der Waals surface area contributed by atoms with Crippen LogP contribution in [-0.4, -0.2) is 33.5 Å². The van der Waals surface area contributed by atoms with Gasteiger partial charge in [0, 0.05) is 11.1 Å². The minimum Gasteiger partial charge on any atom is -0.390 e. The van der Waals surface area contributed by atoms with Crippen LogP contribution in [0.1, 0.15) is 107 Å². The zero-order valence-electron chi connectivity index (χ0n) is 22.1. The van der Waals surface area contributed by atoms with Crippen LogP contribution < -0.4 is 0 Å². The van der Waals surface area contributed by atoms with Gasteiger partial charge in [0.15, 0.2) is 22.8 Å². The smallest absolute Gasteiger partial charge is 0.194 e. The van der Waals surface area contributed by atoms with E-state index in [9.17, 15) is 14.7 Å². The van der Waals surface area contributed by atoms with Crippen LogP contribution in [0.25, 0.3) is 0 Å². The maximum absolute atomic E-state index is 12.9. The average molecular weight is 457 g/mol. The van der Waals surface area contributed by atoms with Gasteiger partial charge in [0.2, 0.25) is 0 Å². The topological polar surface area (TPSA) is 66.9 Å². The lowest BCUT2D eigenvalue weighted by Gasteiger charge is -2.27. The van der Waals surface area contributed by atoms with Crippen molar-refractivity contribution >= 4 is 11.6 Å². The molecule has 4 nitrogen and oxygen atoms in total. The van der Waals surface area contributed by atoms with Crippen LogP contribution in [0.3, 0.4) is 0 Å². The highest BCUT2D eigenvalue weighted by atomic mass is 16.6. The van der Waals surface area contributed by atoms with Gasteiger partial charge in [-0.25, -0.2) is 0 Å². The molecule has 2 aliphatic rings. The number of rotatable bonds is 12. The molecule has 3 atom stereocenters. The highest BCUT2D eigenvalue weighted by Gasteiger charge is 2.77. The van der Waals surface area contributed by atoms with E-state index in [0.717, 1.165) is 32.1 Å². The molecule has 1 fully saturated rings. The molecule has 2 unspecified atom stereocenters. The number of Topliss-reactive ketones (excluding diaryl/α,β-unsaturated/α-hetero) is 2. The van der Waals surface area contributed by atoms with Gasteiger partial charge in [0.05, 0.1) is 5.60 Å². The Balaban J connectivity index is 1.80. The molecule has 1 heterocycles. The fourth-order valence-corrected chi connectivity index (χ4v) is 4.76. The first-order chi connectivity index (χ1) is 15.3. The Kier molecular flexibility index (Phi) is 8.86. The summed E-state index contributed by atoms with van der Waals surface area (Å²) in [4.78, 5) is 25.5. The number of hydrogen-bond acceptors (Lipinski definition) is 4. The van der Waals surface area contributed by atoms with Gasteiger partial charge in [0.25, 0.3) is 0 Å². The number of epoxide rings is 1. The predicted molar refractivity (Wildman–Crippen MR) is 135 cm³/mol. The van der Waals surface area contributed by atoms with E-state index >= 15 is 0 Å². The van der Waals surface area contributed by atoms with Crippen LogP contribution in [0, 0.1) is 0 Å². The van der Waals surface area contributed by atoms with Crippen LogP contribution in [0.15, 0.2) is 46.1 Å². The van der Waals surface area contributed by atoms with E-state index in [2.05, 4.69) is 45.9 Å². The van der Waals surface area contributed by atoms with Crippen molar-refractivity contribution in [2.75, 3.05) is 0 Å². The van der Waals surface area contributed by atoms with E-state index in [-0.39, 0.29) is 11.6 Å². The van der Waals surface area contributed by atoms with Crippen LogP contribution in [0.5, 0.6) is 0 Å². The van der Waals surface area contributed by atoms with Crippen molar-refractivity contribution in [2.45, 2.75) is 124 Å². The van der Waals surface area contributed by atoms with Crippen LogP contribution in [-0.2, 0) is 14.3 Å². The molecule has 2 rings (SSSR count). The average Bonchev–Trinajstić information content (AvgIpc) is 3.36. The first kappa shape index (κ1) is 27.5. The molecule has 0 radical (unpaired) electrons. The van der Waals surface area contributed by atoms with Crippen molar-refractivity contribution in [1.82, 2.24) is 0 Å². The Morgan fingerprint density at radius 1 is 0.879 bits per heavy atom. The third-order valence-corrected chi connectivity index (χ3v) is 7.47. The Morgan fingerprint density at radius 2 is 1.39 bits per heavy atom. The molecule has 4 heteroatoms. The fourth-order valence-electron chi connectivity index (χ4n) is 4.76.